The first-order chi connectivity index (χ1) is 8.53. The van der Waals surface area contributed by atoms with Crippen LogP contribution in [0, 0.1) is 5.92 Å². The van der Waals surface area contributed by atoms with Gasteiger partial charge in [-0.15, -0.1) is 0 Å². The maximum absolute atomic E-state index is 12.5. The van der Waals surface area contributed by atoms with Crippen LogP contribution in [0.25, 0.3) is 0 Å². The van der Waals surface area contributed by atoms with Gasteiger partial charge in [0.05, 0.1) is 5.56 Å². The summed E-state index contributed by atoms with van der Waals surface area (Å²) in [5.74, 6) is 0.616. The molecule has 18 heavy (non-hydrogen) atoms. The maximum Gasteiger partial charge on any atom is 0.256 e. The van der Waals surface area contributed by atoms with Crippen LogP contribution in [0.3, 0.4) is 0 Å². The van der Waals surface area contributed by atoms with Gasteiger partial charge in [0, 0.05) is 24.2 Å². The van der Waals surface area contributed by atoms with E-state index in [2.05, 4.69) is 19.9 Å². The zero-order valence-electron chi connectivity index (χ0n) is 11.1. The summed E-state index contributed by atoms with van der Waals surface area (Å²) in [4.78, 5) is 14.5. The molecule has 0 atom stereocenters. The highest BCUT2D eigenvalue weighted by Crippen LogP contribution is 2.53. The first kappa shape index (κ1) is 11.6. The quantitative estimate of drug-likeness (QED) is 0.812. The Morgan fingerprint density at radius 3 is 2.72 bits per heavy atom. The number of carbonyl (C=O) groups excluding carboxylic acids is 1. The second-order valence-electron chi connectivity index (χ2n) is 6.13. The van der Waals surface area contributed by atoms with E-state index in [0.717, 1.165) is 18.7 Å². The summed E-state index contributed by atoms with van der Waals surface area (Å²) in [6.45, 7) is 6.00. The molecule has 2 aliphatic rings. The number of hydrogen-bond acceptors (Lipinski definition) is 2. The number of fused-ring (bicyclic) bond motifs is 2. The van der Waals surface area contributed by atoms with E-state index in [9.17, 15) is 4.79 Å². The predicted octanol–water partition coefficient (Wildman–Crippen LogP) is 2.41. The molecule has 3 nitrogen and oxygen atoms in total. The van der Waals surface area contributed by atoms with Gasteiger partial charge in [0.25, 0.3) is 5.91 Å². The average molecular weight is 244 g/mol. The molecule has 1 saturated carbocycles. The van der Waals surface area contributed by atoms with Crippen LogP contribution in [0.5, 0.6) is 0 Å². The number of hydrogen-bond donors (Lipinski definition) is 1. The van der Waals surface area contributed by atoms with Gasteiger partial charge in [-0.05, 0) is 30.4 Å². The highest BCUT2D eigenvalue weighted by atomic mass is 16.2. The summed E-state index contributed by atoms with van der Waals surface area (Å²) in [6.07, 6.45) is 2.37. The van der Waals surface area contributed by atoms with Crippen LogP contribution in [0.4, 0.5) is 5.69 Å². The first-order valence-corrected chi connectivity index (χ1v) is 6.72. The maximum atomic E-state index is 12.5. The minimum absolute atomic E-state index is 0.120. The van der Waals surface area contributed by atoms with Crippen LogP contribution in [-0.4, -0.2) is 23.9 Å². The summed E-state index contributed by atoms with van der Waals surface area (Å²) >= 11 is 0. The average Bonchev–Trinajstić information content (AvgIpc) is 3.06. The fourth-order valence-electron chi connectivity index (χ4n) is 3.10. The lowest BCUT2D eigenvalue weighted by molar-refractivity contribution is 0.0692. The normalized spacial score (nSPS) is 20.4. The van der Waals surface area contributed by atoms with Crippen LogP contribution < -0.4 is 5.73 Å². The zero-order valence-corrected chi connectivity index (χ0v) is 11.1. The van der Waals surface area contributed by atoms with Gasteiger partial charge in [0.2, 0.25) is 0 Å². The molecule has 0 saturated heterocycles. The molecule has 1 fully saturated rings. The highest BCUT2D eigenvalue weighted by molar-refractivity contribution is 6.02. The Morgan fingerprint density at radius 2 is 2.11 bits per heavy atom. The van der Waals surface area contributed by atoms with E-state index in [-0.39, 0.29) is 11.3 Å². The van der Waals surface area contributed by atoms with Crippen molar-refractivity contribution in [2.24, 2.45) is 5.92 Å². The summed E-state index contributed by atoms with van der Waals surface area (Å²) in [5, 5.41) is 0. The molecule has 1 amide bonds. The van der Waals surface area contributed by atoms with Crippen molar-refractivity contribution < 1.29 is 4.79 Å². The summed E-state index contributed by atoms with van der Waals surface area (Å²) in [7, 11) is 0. The lowest BCUT2D eigenvalue weighted by Gasteiger charge is -2.36. The minimum atomic E-state index is 0.120. The highest BCUT2D eigenvalue weighted by Gasteiger charge is 2.51. The molecule has 1 heterocycles. The second kappa shape index (κ2) is 3.74. The Kier molecular flexibility index (Phi) is 2.40. The van der Waals surface area contributed by atoms with Crippen molar-refractivity contribution in [2.45, 2.75) is 32.1 Å². The third-order valence-electron chi connectivity index (χ3n) is 4.10. The number of carbonyl (C=O) groups is 1. The molecule has 3 rings (SSSR count). The lowest BCUT2D eigenvalue weighted by Crippen LogP contribution is -2.45. The molecule has 1 aliphatic heterocycles. The Hall–Kier alpha value is -1.51. The van der Waals surface area contributed by atoms with Crippen molar-refractivity contribution in [1.29, 1.82) is 0 Å². The number of rotatable bonds is 2. The largest absolute Gasteiger partial charge is 0.398 e. The molecule has 3 heteroatoms. The van der Waals surface area contributed by atoms with Gasteiger partial charge in [-0.2, -0.15) is 0 Å². The van der Waals surface area contributed by atoms with Crippen molar-refractivity contribution in [3.63, 3.8) is 0 Å². The Morgan fingerprint density at radius 1 is 1.39 bits per heavy atom. The van der Waals surface area contributed by atoms with Gasteiger partial charge in [-0.1, -0.05) is 26.0 Å². The van der Waals surface area contributed by atoms with Crippen molar-refractivity contribution in [1.82, 2.24) is 4.90 Å². The molecule has 1 aromatic rings. The Labute approximate surface area is 108 Å². The molecule has 0 bridgehead atoms. The van der Waals surface area contributed by atoms with Crippen LogP contribution in [0.15, 0.2) is 18.2 Å². The molecular formula is C15H20N2O. The fourth-order valence-corrected chi connectivity index (χ4v) is 3.10. The minimum Gasteiger partial charge on any atom is -0.398 e. The van der Waals surface area contributed by atoms with Gasteiger partial charge < -0.3 is 10.6 Å². The van der Waals surface area contributed by atoms with E-state index in [1.54, 1.807) is 0 Å². The van der Waals surface area contributed by atoms with Crippen LogP contribution in [0.2, 0.25) is 0 Å². The number of nitrogens with zero attached hydrogens (tertiary/aromatic N) is 1. The number of amides is 1. The second-order valence-corrected chi connectivity index (χ2v) is 6.13. The van der Waals surface area contributed by atoms with Crippen molar-refractivity contribution in [3.8, 4) is 0 Å². The number of nitrogens with two attached hydrogens (primary N) is 1. The van der Waals surface area contributed by atoms with Crippen molar-refractivity contribution in [2.75, 3.05) is 18.8 Å². The Bertz CT molecular complexity index is 503. The van der Waals surface area contributed by atoms with Crippen LogP contribution in [0.1, 0.15) is 42.6 Å². The van der Waals surface area contributed by atoms with Crippen LogP contribution >= 0.6 is 0 Å². The molecule has 1 spiro atoms. The van der Waals surface area contributed by atoms with Crippen LogP contribution in [-0.2, 0) is 5.41 Å². The monoisotopic (exact) mass is 244 g/mol. The SMILES string of the molecule is CC(C)CN1CC2(CC2)c2cccc(N)c2C1=O. The molecule has 0 radical (unpaired) electrons. The summed E-state index contributed by atoms with van der Waals surface area (Å²) in [6, 6.07) is 5.90. The topological polar surface area (TPSA) is 46.3 Å². The third kappa shape index (κ3) is 1.61. The number of anilines is 1. The van der Waals surface area contributed by atoms with E-state index in [0.29, 0.717) is 11.6 Å². The van der Waals surface area contributed by atoms with Gasteiger partial charge in [-0.3, -0.25) is 4.79 Å². The summed E-state index contributed by atoms with van der Waals surface area (Å²) in [5.41, 5.74) is 8.83. The van der Waals surface area contributed by atoms with E-state index >= 15 is 0 Å². The van der Waals surface area contributed by atoms with Gasteiger partial charge in [0.1, 0.15) is 0 Å². The molecule has 0 unspecified atom stereocenters. The number of nitrogen functional groups attached to an aromatic ring is 1. The molecule has 2 N–H and O–H groups in total. The summed E-state index contributed by atoms with van der Waals surface area (Å²) < 4.78 is 0. The van der Waals surface area contributed by atoms with E-state index in [4.69, 9.17) is 5.73 Å². The smallest absolute Gasteiger partial charge is 0.256 e. The van der Waals surface area contributed by atoms with Gasteiger partial charge in [0.15, 0.2) is 0 Å². The third-order valence-corrected chi connectivity index (χ3v) is 4.10. The van der Waals surface area contributed by atoms with Crippen molar-refractivity contribution in [3.05, 3.63) is 29.3 Å². The van der Waals surface area contributed by atoms with E-state index < -0.39 is 0 Å². The standard InChI is InChI=1S/C15H20N2O/c1-10(2)8-17-9-15(6-7-15)11-4-3-5-12(16)13(11)14(17)18/h3-5,10H,6-9,16H2,1-2H3. The zero-order chi connectivity index (χ0) is 12.9. The van der Waals surface area contributed by atoms with E-state index in [1.165, 1.54) is 18.4 Å². The molecule has 1 aromatic carbocycles. The predicted molar refractivity (Wildman–Crippen MR) is 72.5 cm³/mol. The molecule has 1 aliphatic carbocycles. The molecule has 96 valence electrons. The van der Waals surface area contributed by atoms with E-state index in [1.807, 2.05) is 17.0 Å². The lowest BCUT2D eigenvalue weighted by atomic mass is 9.85. The Balaban J connectivity index is 2.05. The number of benzene rings is 1. The molecular weight excluding hydrogens is 224 g/mol. The van der Waals surface area contributed by atoms with Gasteiger partial charge >= 0.3 is 0 Å². The van der Waals surface area contributed by atoms with Gasteiger partial charge in [-0.25, -0.2) is 0 Å². The van der Waals surface area contributed by atoms with Crippen molar-refractivity contribution >= 4 is 11.6 Å². The first-order valence-electron chi connectivity index (χ1n) is 6.72. The molecule has 0 aromatic heterocycles. The fraction of sp³-hybridized carbons (Fsp3) is 0.533.